The van der Waals surface area contributed by atoms with Gasteiger partial charge in [0.15, 0.2) is 0 Å². The summed E-state index contributed by atoms with van der Waals surface area (Å²) in [6, 6.07) is 0. The maximum Gasteiger partial charge on any atom is 0.404 e. The first-order chi connectivity index (χ1) is 5.72. The van der Waals surface area contributed by atoms with Crippen molar-refractivity contribution in [2.24, 2.45) is 5.73 Å². The van der Waals surface area contributed by atoms with Gasteiger partial charge in [0.05, 0.1) is 6.67 Å². The third-order valence-corrected chi connectivity index (χ3v) is 1.81. The maximum absolute atomic E-state index is 11.7. The fourth-order valence-corrected chi connectivity index (χ4v) is 1.23. The Labute approximate surface area is 70.5 Å². The number of rotatable bonds is 4. The van der Waals surface area contributed by atoms with Gasteiger partial charge in [0, 0.05) is 19.6 Å². The molecule has 0 aromatic carbocycles. The molecule has 0 aliphatic carbocycles. The van der Waals surface area contributed by atoms with Crippen LogP contribution in [0, 0.1) is 0 Å². The van der Waals surface area contributed by atoms with Crippen LogP contribution < -0.4 is 5.73 Å². The molecule has 0 atom stereocenters. The van der Waals surface area contributed by atoms with Crippen LogP contribution in [0.5, 0.6) is 0 Å². The van der Waals surface area contributed by atoms with Crippen molar-refractivity contribution in [1.29, 1.82) is 0 Å². The minimum Gasteiger partial charge on any atom is -0.444 e. The molecular weight excluding hydrogens is 163 g/mol. The Hall–Kier alpha value is -0.840. The monoisotopic (exact) mass is 176 g/mol. The predicted octanol–water partition coefficient (Wildman–Crippen LogP) is 0.125. The summed E-state index contributed by atoms with van der Waals surface area (Å²) in [7, 11) is 0. The summed E-state index contributed by atoms with van der Waals surface area (Å²) in [4.78, 5) is 12.3. The van der Waals surface area contributed by atoms with Crippen LogP contribution in [0.3, 0.4) is 0 Å². The Balaban J connectivity index is 2.00. The Morgan fingerprint density at radius 3 is 2.83 bits per heavy atom. The van der Waals surface area contributed by atoms with E-state index in [2.05, 4.69) is 0 Å². The van der Waals surface area contributed by atoms with Crippen LogP contribution in [0.25, 0.3) is 0 Å². The molecule has 1 amide bonds. The normalized spacial score (nSPS) is 18.8. The van der Waals surface area contributed by atoms with Crippen molar-refractivity contribution in [3.8, 4) is 0 Å². The number of nitrogens with zero attached hydrogens (tertiary/aromatic N) is 1. The second-order valence-corrected chi connectivity index (χ2v) is 2.86. The van der Waals surface area contributed by atoms with E-state index in [1.54, 1.807) is 0 Å². The smallest absolute Gasteiger partial charge is 0.404 e. The molecule has 1 aliphatic heterocycles. The molecule has 1 heterocycles. The lowest BCUT2D eigenvalue weighted by molar-refractivity contribution is -0.0104. The minimum atomic E-state index is -0.731. The fraction of sp³-hybridized carbons (Fsp3) is 0.857. The summed E-state index contributed by atoms with van der Waals surface area (Å²) >= 11 is 0. The van der Waals surface area contributed by atoms with Crippen LogP contribution >= 0.6 is 0 Å². The second-order valence-electron chi connectivity index (χ2n) is 2.86. The van der Waals surface area contributed by atoms with E-state index >= 15 is 0 Å². The number of alkyl halides is 1. The molecule has 2 N–H and O–H groups in total. The van der Waals surface area contributed by atoms with E-state index in [0.29, 0.717) is 19.5 Å². The largest absolute Gasteiger partial charge is 0.444 e. The lowest BCUT2D eigenvalue weighted by Gasteiger charge is -2.37. The van der Waals surface area contributed by atoms with E-state index in [1.807, 2.05) is 4.90 Å². The van der Waals surface area contributed by atoms with Gasteiger partial charge in [-0.3, -0.25) is 9.29 Å². The molecule has 0 radical (unpaired) electrons. The van der Waals surface area contributed by atoms with Gasteiger partial charge < -0.3 is 10.5 Å². The van der Waals surface area contributed by atoms with E-state index in [-0.39, 0.29) is 12.8 Å². The summed E-state index contributed by atoms with van der Waals surface area (Å²) < 4.78 is 16.4. The highest BCUT2D eigenvalue weighted by Crippen LogP contribution is 2.11. The first kappa shape index (κ1) is 9.25. The number of ether oxygens (including phenoxy) is 1. The van der Waals surface area contributed by atoms with Crippen LogP contribution in [0.1, 0.15) is 6.42 Å². The van der Waals surface area contributed by atoms with Gasteiger partial charge in [0.1, 0.15) is 6.10 Å². The Bertz CT molecular complexity index is 159. The van der Waals surface area contributed by atoms with Crippen LogP contribution in [0.15, 0.2) is 0 Å². The van der Waals surface area contributed by atoms with Crippen molar-refractivity contribution in [3.05, 3.63) is 0 Å². The number of hydrogen-bond donors (Lipinski definition) is 1. The number of primary amides is 1. The molecule has 0 aromatic rings. The van der Waals surface area contributed by atoms with E-state index in [9.17, 15) is 9.18 Å². The zero-order valence-electron chi connectivity index (χ0n) is 6.83. The standard InChI is InChI=1S/C7H13FN2O2/c8-2-1-3-10-4-6(5-10)12-7(9)11/h6H,1-5H2,(H2,9,11). The first-order valence-electron chi connectivity index (χ1n) is 3.97. The molecule has 0 unspecified atom stereocenters. The lowest BCUT2D eigenvalue weighted by Crippen LogP contribution is -2.53. The summed E-state index contributed by atoms with van der Waals surface area (Å²) in [6.45, 7) is 1.80. The van der Waals surface area contributed by atoms with E-state index in [1.165, 1.54) is 0 Å². The second kappa shape index (κ2) is 4.25. The van der Waals surface area contributed by atoms with Crippen LogP contribution in [-0.2, 0) is 4.74 Å². The summed E-state index contributed by atoms with van der Waals surface area (Å²) in [5.74, 6) is 0. The minimum absolute atomic E-state index is 0.0814. The molecule has 4 nitrogen and oxygen atoms in total. The third kappa shape index (κ3) is 2.65. The molecule has 1 fully saturated rings. The lowest BCUT2D eigenvalue weighted by atomic mass is 10.1. The average molecular weight is 176 g/mol. The van der Waals surface area contributed by atoms with E-state index in [0.717, 1.165) is 6.54 Å². The van der Waals surface area contributed by atoms with Gasteiger partial charge in [-0.25, -0.2) is 4.79 Å². The van der Waals surface area contributed by atoms with Crippen molar-refractivity contribution in [3.63, 3.8) is 0 Å². The van der Waals surface area contributed by atoms with Crippen molar-refractivity contribution in [2.45, 2.75) is 12.5 Å². The highest BCUT2D eigenvalue weighted by Gasteiger charge is 2.28. The molecule has 1 aliphatic rings. The zero-order valence-corrected chi connectivity index (χ0v) is 6.83. The number of amides is 1. The Kier molecular flexibility index (Phi) is 3.28. The quantitative estimate of drug-likeness (QED) is 0.662. The van der Waals surface area contributed by atoms with Crippen molar-refractivity contribution < 1.29 is 13.9 Å². The summed E-state index contributed by atoms with van der Waals surface area (Å²) in [5.41, 5.74) is 4.81. The fourth-order valence-electron chi connectivity index (χ4n) is 1.23. The van der Waals surface area contributed by atoms with Crippen LogP contribution in [0.2, 0.25) is 0 Å². The molecule has 70 valence electrons. The number of carbonyl (C=O) groups is 1. The van der Waals surface area contributed by atoms with Gasteiger partial charge in [-0.15, -0.1) is 0 Å². The van der Waals surface area contributed by atoms with Gasteiger partial charge in [0.2, 0.25) is 0 Å². The Morgan fingerprint density at radius 2 is 2.33 bits per heavy atom. The molecule has 0 saturated carbocycles. The molecule has 0 spiro atoms. The first-order valence-corrected chi connectivity index (χ1v) is 3.97. The SMILES string of the molecule is NC(=O)OC1CN(CCCF)C1. The van der Waals surface area contributed by atoms with Crippen molar-refractivity contribution in [2.75, 3.05) is 26.3 Å². The number of likely N-dealkylation sites (tertiary alicyclic amines) is 1. The van der Waals surface area contributed by atoms with Gasteiger partial charge in [-0.1, -0.05) is 0 Å². The average Bonchev–Trinajstić information content (AvgIpc) is 1.93. The third-order valence-electron chi connectivity index (χ3n) is 1.81. The van der Waals surface area contributed by atoms with Crippen molar-refractivity contribution >= 4 is 6.09 Å². The van der Waals surface area contributed by atoms with Crippen LogP contribution in [-0.4, -0.2) is 43.4 Å². The van der Waals surface area contributed by atoms with Crippen molar-refractivity contribution in [1.82, 2.24) is 4.90 Å². The maximum atomic E-state index is 11.7. The molecule has 12 heavy (non-hydrogen) atoms. The van der Waals surface area contributed by atoms with E-state index < -0.39 is 6.09 Å². The molecule has 5 heteroatoms. The molecule has 1 rings (SSSR count). The highest BCUT2D eigenvalue weighted by molar-refractivity contribution is 5.64. The molecule has 0 aromatic heterocycles. The number of nitrogens with two attached hydrogens (primary N) is 1. The molecule has 0 bridgehead atoms. The highest BCUT2D eigenvalue weighted by atomic mass is 19.1. The summed E-state index contributed by atoms with van der Waals surface area (Å²) in [6.07, 6.45) is -0.268. The number of carbonyl (C=O) groups excluding carboxylic acids is 1. The van der Waals surface area contributed by atoms with Gasteiger partial charge >= 0.3 is 6.09 Å². The number of halogens is 1. The van der Waals surface area contributed by atoms with Gasteiger partial charge in [-0.2, -0.15) is 0 Å². The predicted molar refractivity (Wildman–Crippen MR) is 41.5 cm³/mol. The summed E-state index contributed by atoms with van der Waals surface area (Å²) in [5, 5.41) is 0. The molecular formula is C7H13FN2O2. The zero-order chi connectivity index (χ0) is 8.97. The van der Waals surface area contributed by atoms with Gasteiger partial charge in [-0.05, 0) is 6.42 Å². The van der Waals surface area contributed by atoms with E-state index in [4.69, 9.17) is 10.5 Å². The molecule has 1 saturated heterocycles. The Morgan fingerprint density at radius 1 is 1.67 bits per heavy atom. The topological polar surface area (TPSA) is 55.6 Å². The number of hydrogen-bond acceptors (Lipinski definition) is 3. The van der Waals surface area contributed by atoms with Crippen LogP contribution in [0.4, 0.5) is 9.18 Å². The van der Waals surface area contributed by atoms with Gasteiger partial charge in [0.25, 0.3) is 0 Å².